The molecule has 0 radical (unpaired) electrons. The van der Waals surface area contributed by atoms with E-state index in [9.17, 15) is 4.79 Å². The zero-order valence-corrected chi connectivity index (χ0v) is 6.99. The zero-order chi connectivity index (χ0) is 8.97. The Labute approximate surface area is 71.3 Å². The van der Waals surface area contributed by atoms with Crippen molar-refractivity contribution in [2.24, 2.45) is 5.92 Å². The van der Waals surface area contributed by atoms with E-state index in [2.05, 4.69) is 0 Å². The highest BCUT2D eigenvalue weighted by Gasteiger charge is 2.11. The van der Waals surface area contributed by atoms with Gasteiger partial charge in [-0.15, -0.1) is 0 Å². The molecule has 0 fully saturated rings. The monoisotopic (exact) mass is 168 g/mol. The number of carboxylic acid groups (broad SMARTS) is 1. The van der Waals surface area contributed by atoms with Crippen LogP contribution in [-0.4, -0.2) is 17.7 Å². The lowest BCUT2D eigenvalue weighted by Gasteiger charge is -2.16. The first-order chi connectivity index (χ1) is 5.70. The summed E-state index contributed by atoms with van der Waals surface area (Å²) in [6.45, 7) is 1.77. The van der Waals surface area contributed by atoms with Crippen molar-refractivity contribution in [2.45, 2.75) is 13.3 Å². The maximum atomic E-state index is 10.2. The minimum atomic E-state index is -0.933. The summed E-state index contributed by atoms with van der Waals surface area (Å²) in [5, 5.41) is 8.36. The van der Waals surface area contributed by atoms with Crippen LogP contribution in [0.3, 0.4) is 0 Å². The fraction of sp³-hybridized carbons (Fsp3) is 0.444. The fourth-order valence-corrected chi connectivity index (χ4v) is 1.06. The van der Waals surface area contributed by atoms with Crippen molar-refractivity contribution in [3.8, 4) is 0 Å². The molecule has 0 saturated heterocycles. The second kappa shape index (κ2) is 3.95. The van der Waals surface area contributed by atoms with E-state index < -0.39 is 5.97 Å². The Hall–Kier alpha value is -1.25. The maximum absolute atomic E-state index is 10.2. The van der Waals surface area contributed by atoms with E-state index in [-0.39, 0.29) is 6.61 Å². The molecule has 3 nitrogen and oxygen atoms in total. The quantitative estimate of drug-likeness (QED) is 0.695. The normalized spacial score (nSPS) is 21.8. The second-order valence-electron chi connectivity index (χ2n) is 2.82. The summed E-state index contributed by atoms with van der Waals surface area (Å²) < 4.78 is 5.07. The Kier molecular flexibility index (Phi) is 2.91. The largest absolute Gasteiger partial charge is 0.486 e. The second-order valence-corrected chi connectivity index (χ2v) is 2.82. The van der Waals surface area contributed by atoms with Gasteiger partial charge in [0.1, 0.15) is 0 Å². The van der Waals surface area contributed by atoms with Crippen LogP contribution in [0.5, 0.6) is 0 Å². The van der Waals surface area contributed by atoms with E-state index in [4.69, 9.17) is 9.84 Å². The average molecular weight is 168 g/mol. The molecule has 1 atom stereocenters. The van der Waals surface area contributed by atoms with Gasteiger partial charge in [0.05, 0.1) is 5.76 Å². The highest BCUT2D eigenvalue weighted by molar-refractivity contribution is 5.68. The highest BCUT2D eigenvalue weighted by Crippen LogP contribution is 2.20. The van der Waals surface area contributed by atoms with Crippen molar-refractivity contribution in [3.05, 3.63) is 24.0 Å². The minimum absolute atomic E-state index is 0.246. The van der Waals surface area contributed by atoms with Crippen LogP contribution in [0.2, 0.25) is 0 Å². The molecule has 0 saturated carbocycles. The molecule has 3 heteroatoms. The third-order valence-corrected chi connectivity index (χ3v) is 1.73. The zero-order valence-electron chi connectivity index (χ0n) is 6.99. The minimum Gasteiger partial charge on any atom is -0.486 e. The van der Waals surface area contributed by atoms with Gasteiger partial charge < -0.3 is 9.84 Å². The van der Waals surface area contributed by atoms with Crippen LogP contribution < -0.4 is 0 Å². The third-order valence-electron chi connectivity index (χ3n) is 1.73. The summed E-state index contributed by atoms with van der Waals surface area (Å²) in [6, 6.07) is 0. The SMILES string of the molecule is CC1CC=CC=C1OCC(=O)O. The number of aliphatic carboxylic acids is 1. The Balaban J connectivity index is 2.44. The van der Waals surface area contributed by atoms with Gasteiger partial charge in [-0.05, 0) is 12.5 Å². The Morgan fingerprint density at radius 3 is 3.17 bits per heavy atom. The number of rotatable bonds is 3. The van der Waals surface area contributed by atoms with Gasteiger partial charge in [-0.25, -0.2) is 4.79 Å². The van der Waals surface area contributed by atoms with Crippen molar-refractivity contribution in [1.82, 2.24) is 0 Å². The molecular formula is C9H12O3. The number of carbonyl (C=O) groups is 1. The van der Waals surface area contributed by atoms with Crippen LogP contribution in [0.1, 0.15) is 13.3 Å². The molecule has 0 bridgehead atoms. The van der Waals surface area contributed by atoms with Crippen LogP contribution in [0.4, 0.5) is 0 Å². The van der Waals surface area contributed by atoms with Gasteiger partial charge in [0.15, 0.2) is 6.61 Å². The van der Waals surface area contributed by atoms with Crippen molar-refractivity contribution >= 4 is 5.97 Å². The van der Waals surface area contributed by atoms with Crippen LogP contribution in [0.25, 0.3) is 0 Å². The molecule has 12 heavy (non-hydrogen) atoms. The van der Waals surface area contributed by atoms with Crippen molar-refractivity contribution in [1.29, 1.82) is 0 Å². The summed E-state index contributed by atoms with van der Waals surface area (Å²) in [4.78, 5) is 10.2. The lowest BCUT2D eigenvalue weighted by Crippen LogP contribution is -2.11. The first kappa shape index (κ1) is 8.84. The van der Waals surface area contributed by atoms with E-state index in [0.717, 1.165) is 12.2 Å². The molecule has 0 aromatic heterocycles. The molecule has 1 aliphatic rings. The third kappa shape index (κ3) is 2.42. The Bertz CT molecular complexity index is 228. The van der Waals surface area contributed by atoms with Gasteiger partial charge in [-0.1, -0.05) is 19.1 Å². The lowest BCUT2D eigenvalue weighted by molar-refractivity contribution is -0.141. The molecular weight excluding hydrogens is 156 g/mol. The van der Waals surface area contributed by atoms with Gasteiger partial charge in [0, 0.05) is 5.92 Å². The number of allylic oxidation sites excluding steroid dienone is 4. The van der Waals surface area contributed by atoms with Gasteiger partial charge in [0.2, 0.25) is 0 Å². The van der Waals surface area contributed by atoms with Crippen molar-refractivity contribution in [3.63, 3.8) is 0 Å². The molecule has 0 heterocycles. The van der Waals surface area contributed by atoms with E-state index in [1.165, 1.54) is 0 Å². The number of carboxylic acids is 1. The smallest absolute Gasteiger partial charge is 0.341 e. The molecule has 0 aromatic carbocycles. The lowest BCUT2D eigenvalue weighted by atomic mass is 10.0. The first-order valence-corrected chi connectivity index (χ1v) is 3.91. The van der Waals surface area contributed by atoms with Crippen LogP contribution in [-0.2, 0) is 9.53 Å². The Morgan fingerprint density at radius 1 is 1.83 bits per heavy atom. The predicted molar refractivity (Wildman–Crippen MR) is 44.6 cm³/mol. The Morgan fingerprint density at radius 2 is 2.58 bits per heavy atom. The van der Waals surface area contributed by atoms with Gasteiger partial charge in [0.25, 0.3) is 0 Å². The number of ether oxygens (including phenoxy) is 1. The molecule has 1 rings (SSSR count). The number of hydrogen-bond acceptors (Lipinski definition) is 2. The van der Waals surface area contributed by atoms with E-state index in [0.29, 0.717) is 5.92 Å². The number of hydrogen-bond donors (Lipinski definition) is 1. The molecule has 0 aromatic rings. The van der Waals surface area contributed by atoms with Crippen LogP contribution in [0, 0.1) is 5.92 Å². The molecule has 0 aliphatic heterocycles. The topological polar surface area (TPSA) is 46.5 Å². The summed E-state index contributed by atoms with van der Waals surface area (Å²) in [5.74, 6) is 0.131. The van der Waals surface area contributed by atoms with E-state index in [1.807, 2.05) is 25.2 Å². The van der Waals surface area contributed by atoms with E-state index in [1.54, 1.807) is 0 Å². The first-order valence-electron chi connectivity index (χ1n) is 3.91. The molecule has 1 N–H and O–H groups in total. The maximum Gasteiger partial charge on any atom is 0.341 e. The van der Waals surface area contributed by atoms with E-state index >= 15 is 0 Å². The van der Waals surface area contributed by atoms with Crippen LogP contribution in [0.15, 0.2) is 24.0 Å². The van der Waals surface area contributed by atoms with Crippen molar-refractivity contribution in [2.75, 3.05) is 6.61 Å². The molecule has 0 spiro atoms. The van der Waals surface area contributed by atoms with Crippen molar-refractivity contribution < 1.29 is 14.6 Å². The van der Waals surface area contributed by atoms with Gasteiger partial charge in [-0.3, -0.25) is 0 Å². The summed E-state index contributed by atoms with van der Waals surface area (Å²) in [7, 11) is 0. The summed E-state index contributed by atoms with van der Waals surface area (Å²) in [5.41, 5.74) is 0. The standard InChI is InChI=1S/C9H12O3/c1-7-4-2-3-5-8(7)12-6-9(10)11/h2-3,5,7H,4,6H2,1H3,(H,10,11). The molecule has 1 aliphatic carbocycles. The highest BCUT2D eigenvalue weighted by atomic mass is 16.5. The van der Waals surface area contributed by atoms with Gasteiger partial charge >= 0.3 is 5.97 Å². The van der Waals surface area contributed by atoms with Crippen LogP contribution >= 0.6 is 0 Å². The fourth-order valence-electron chi connectivity index (χ4n) is 1.06. The molecule has 1 unspecified atom stereocenters. The van der Waals surface area contributed by atoms with Gasteiger partial charge in [-0.2, -0.15) is 0 Å². The molecule has 66 valence electrons. The average Bonchev–Trinajstić information content (AvgIpc) is 2.03. The molecule has 0 amide bonds. The predicted octanol–water partition coefficient (Wildman–Crippen LogP) is 1.57. The summed E-state index contributed by atoms with van der Waals surface area (Å²) >= 11 is 0. The summed E-state index contributed by atoms with van der Waals surface area (Å²) in [6.07, 6.45) is 6.66.